The molecule has 0 heterocycles. The molecule has 0 bridgehead atoms. The molecule has 29 heavy (non-hydrogen) atoms. The van der Waals surface area contributed by atoms with E-state index in [4.69, 9.17) is 0 Å². The Morgan fingerprint density at radius 1 is 0.862 bits per heavy atom. The van der Waals surface area contributed by atoms with Gasteiger partial charge in [0.1, 0.15) is 0 Å². The quantitative estimate of drug-likeness (QED) is 0.330. The Balaban J connectivity index is 2.03. The van der Waals surface area contributed by atoms with Crippen molar-refractivity contribution < 1.29 is 19.1 Å². The number of rotatable bonds is 6. The lowest BCUT2D eigenvalue weighted by atomic mass is 10.0. The van der Waals surface area contributed by atoms with Crippen LogP contribution in [0.3, 0.4) is 0 Å². The largest absolute Gasteiger partial charge is 0.468 e. The number of hydrogen-bond acceptors (Lipinski definition) is 4. The summed E-state index contributed by atoms with van der Waals surface area (Å²) in [5.41, 5.74) is 2.84. The van der Waals surface area contributed by atoms with Crippen molar-refractivity contribution in [2.45, 2.75) is 12.8 Å². The summed E-state index contributed by atoms with van der Waals surface area (Å²) < 4.78 is 9.30. The van der Waals surface area contributed by atoms with Gasteiger partial charge in [-0.1, -0.05) is 60.4 Å². The number of benzene rings is 2. The maximum Gasteiger partial charge on any atom is 0.320 e. The first-order valence-corrected chi connectivity index (χ1v) is 9.11. The Morgan fingerprint density at radius 3 is 2.17 bits per heavy atom. The Hall–Kier alpha value is -3.76. The van der Waals surface area contributed by atoms with Crippen LogP contribution in [-0.2, 0) is 25.5 Å². The van der Waals surface area contributed by atoms with Crippen molar-refractivity contribution in [3.05, 3.63) is 83.4 Å². The maximum atomic E-state index is 11.7. The van der Waals surface area contributed by atoms with E-state index in [0.29, 0.717) is 6.42 Å². The Labute approximate surface area is 171 Å². The van der Waals surface area contributed by atoms with E-state index in [0.717, 1.165) is 16.7 Å². The fraction of sp³-hybridized carbons (Fsp3) is 0.200. The number of allylic oxidation sites excluding steroid dienone is 2. The summed E-state index contributed by atoms with van der Waals surface area (Å²) in [6.45, 7) is 0. The third-order valence-electron chi connectivity index (χ3n) is 4.11. The minimum atomic E-state index is -0.954. The van der Waals surface area contributed by atoms with Crippen molar-refractivity contribution in [3.8, 4) is 23.7 Å². The van der Waals surface area contributed by atoms with Gasteiger partial charge < -0.3 is 9.47 Å². The van der Waals surface area contributed by atoms with E-state index in [1.807, 2.05) is 60.7 Å². The molecule has 2 aromatic rings. The predicted molar refractivity (Wildman–Crippen MR) is 112 cm³/mol. The van der Waals surface area contributed by atoms with Gasteiger partial charge in [-0.15, -0.1) is 0 Å². The second-order valence-corrected chi connectivity index (χ2v) is 6.03. The van der Waals surface area contributed by atoms with Gasteiger partial charge in [-0.25, -0.2) is 0 Å². The number of carbonyl (C=O) groups excluding carboxylic acids is 2. The summed E-state index contributed by atoms with van der Waals surface area (Å²) in [6.07, 6.45) is 4.51. The molecule has 0 saturated carbocycles. The van der Waals surface area contributed by atoms with E-state index in [9.17, 15) is 9.59 Å². The lowest BCUT2D eigenvalue weighted by Gasteiger charge is -2.09. The fourth-order valence-corrected chi connectivity index (χ4v) is 2.56. The Kier molecular flexibility index (Phi) is 8.80. The first kappa shape index (κ1) is 21.5. The van der Waals surface area contributed by atoms with Crippen LogP contribution in [0.15, 0.2) is 66.7 Å². The first-order valence-electron chi connectivity index (χ1n) is 9.11. The summed E-state index contributed by atoms with van der Waals surface area (Å²) in [5.74, 6) is 9.67. The van der Waals surface area contributed by atoms with E-state index in [2.05, 4.69) is 33.2 Å². The number of esters is 2. The van der Waals surface area contributed by atoms with Gasteiger partial charge in [0, 0.05) is 11.1 Å². The van der Waals surface area contributed by atoms with Crippen LogP contribution >= 0.6 is 0 Å². The smallest absolute Gasteiger partial charge is 0.320 e. The molecule has 2 rings (SSSR count). The zero-order valence-corrected chi connectivity index (χ0v) is 16.5. The second-order valence-electron chi connectivity index (χ2n) is 6.03. The fourth-order valence-electron chi connectivity index (χ4n) is 2.56. The van der Waals surface area contributed by atoms with Crippen LogP contribution in [0.5, 0.6) is 0 Å². The van der Waals surface area contributed by atoms with Gasteiger partial charge in [0.15, 0.2) is 5.92 Å². The maximum absolute atomic E-state index is 11.7. The summed E-state index contributed by atoms with van der Waals surface area (Å²) in [6, 6.07) is 17.5. The van der Waals surface area contributed by atoms with Gasteiger partial charge in [0.25, 0.3) is 0 Å². The van der Waals surface area contributed by atoms with Gasteiger partial charge in [-0.2, -0.15) is 0 Å². The molecular weight excluding hydrogens is 364 g/mol. The summed E-state index contributed by atoms with van der Waals surface area (Å²) in [5, 5.41) is 0. The highest BCUT2D eigenvalue weighted by Crippen LogP contribution is 2.12. The molecule has 0 aliphatic rings. The molecule has 0 unspecified atom stereocenters. The molecule has 0 atom stereocenters. The topological polar surface area (TPSA) is 52.6 Å². The zero-order valence-electron chi connectivity index (χ0n) is 16.5. The van der Waals surface area contributed by atoms with Crippen molar-refractivity contribution in [1.82, 2.24) is 0 Å². The van der Waals surface area contributed by atoms with E-state index < -0.39 is 17.9 Å². The Morgan fingerprint density at radius 2 is 1.48 bits per heavy atom. The van der Waals surface area contributed by atoms with Gasteiger partial charge in [0.2, 0.25) is 0 Å². The number of hydrogen-bond donors (Lipinski definition) is 0. The van der Waals surface area contributed by atoms with Crippen molar-refractivity contribution in [1.29, 1.82) is 0 Å². The molecule has 2 aromatic carbocycles. The number of ether oxygens (including phenoxy) is 2. The highest BCUT2D eigenvalue weighted by atomic mass is 16.5. The van der Waals surface area contributed by atoms with Crippen LogP contribution in [0.1, 0.15) is 23.1 Å². The lowest BCUT2D eigenvalue weighted by molar-refractivity contribution is -0.158. The number of methoxy groups -OCH3 is 2. The van der Waals surface area contributed by atoms with Gasteiger partial charge in [-0.3, -0.25) is 9.59 Å². The highest BCUT2D eigenvalue weighted by Gasteiger charge is 2.26. The molecule has 0 amide bonds. The van der Waals surface area contributed by atoms with Crippen LogP contribution in [0.25, 0.3) is 0 Å². The highest BCUT2D eigenvalue weighted by molar-refractivity contribution is 5.94. The molecule has 4 heteroatoms. The van der Waals surface area contributed by atoms with E-state index in [1.54, 1.807) is 6.08 Å². The monoisotopic (exact) mass is 386 g/mol. The van der Waals surface area contributed by atoms with Crippen LogP contribution in [-0.4, -0.2) is 26.2 Å². The summed E-state index contributed by atoms with van der Waals surface area (Å²) >= 11 is 0. The normalized spacial score (nSPS) is 9.90. The average Bonchev–Trinajstić information content (AvgIpc) is 2.77. The third-order valence-corrected chi connectivity index (χ3v) is 4.11. The molecular formula is C25H22O4. The molecule has 0 aliphatic heterocycles. The third kappa shape index (κ3) is 7.05. The van der Waals surface area contributed by atoms with Gasteiger partial charge >= 0.3 is 11.9 Å². The second kappa shape index (κ2) is 11.8. The van der Waals surface area contributed by atoms with Gasteiger partial charge in [0.05, 0.1) is 14.2 Å². The molecule has 0 aliphatic carbocycles. The Bertz CT molecular complexity index is 966. The van der Waals surface area contributed by atoms with Crippen molar-refractivity contribution in [3.63, 3.8) is 0 Å². The molecule has 0 radical (unpaired) electrons. The van der Waals surface area contributed by atoms with E-state index >= 15 is 0 Å². The average molecular weight is 386 g/mol. The van der Waals surface area contributed by atoms with E-state index in [-0.39, 0.29) is 6.42 Å². The SMILES string of the molecule is COC(=O)C(C/C=C/Cc1ccccc1C#CC#Cc1ccccc1)C(=O)OC. The zero-order chi connectivity index (χ0) is 20.9. The summed E-state index contributed by atoms with van der Waals surface area (Å²) in [7, 11) is 2.50. The molecule has 0 spiro atoms. The number of carbonyl (C=O) groups is 2. The molecule has 0 aromatic heterocycles. The molecule has 146 valence electrons. The molecule has 4 nitrogen and oxygen atoms in total. The first-order chi connectivity index (χ1) is 14.2. The van der Waals surface area contributed by atoms with E-state index in [1.165, 1.54) is 14.2 Å². The van der Waals surface area contributed by atoms with Crippen molar-refractivity contribution in [2.75, 3.05) is 14.2 Å². The van der Waals surface area contributed by atoms with Crippen molar-refractivity contribution >= 4 is 11.9 Å². The van der Waals surface area contributed by atoms with Crippen LogP contribution < -0.4 is 0 Å². The predicted octanol–water partition coefficient (Wildman–Crippen LogP) is 3.54. The molecule has 0 fully saturated rings. The van der Waals surface area contributed by atoms with Gasteiger partial charge in [-0.05, 0) is 48.4 Å². The minimum absolute atomic E-state index is 0.218. The van der Waals surface area contributed by atoms with Crippen LogP contribution in [0.4, 0.5) is 0 Å². The van der Waals surface area contributed by atoms with Crippen LogP contribution in [0.2, 0.25) is 0 Å². The molecule has 0 saturated heterocycles. The standard InChI is InChI=1S/C25H22O4/c1-28-24(26)23(25(27)29-2)19-11-10-18-22-17-9-8-16-21(22)15-7-6-14-20-12-4-3-5-13-20/h3-5,8-13,16-17,23H,18-19H2,1-2H3/b11-10+. The summed E-state index contributed by atoms with van der Waals surface area (Å²) in [4.78, 5) is 23.4. The minimum Gasteiger partial charge on any atom is -0.468 e. The lowest BCUT2D eigenvalue weighted by Crippen LogP contribution is -2.25. The van der Waals surface area contributed by atoms with Crippen molar-refractivity contribution in [2.24, 2.45) is 5.92 Å². The van der Waals surface area contributed by atoms with Crippen LogP contribution in [0, 0.1) is 29.6 Å². The molecule has 0 N–H and O–H groups in total.